The Balaban J connectivity index is 2.25. The molecule has 0 aromatic heterocycles. The third kappa shape index (κ3) is 3.45. The molecule has 0 unspecified atom stereocenters. The molecule has 0 radical (unpaired) electrons. The number of non-ortho nitro benzene ring substituents is 1. The van der Waals surface area contributed by atoms with Crippen molar-refractivity contribution in [3.05, 3.63) is 63.7 Å². The van der Waals surface area contributed by atoms with Gasteiger partial charge in [-0.1, -0.05) is 0 Å². The number of nitro benzene ring substituents is 1. The smallest absolute Gasteiger partial charge is 0.337 e. The van der Waals surface area contributed by atoms with Crippen molar-refractivity contribution in [2.45, 2.75) is 0 Å². The van der Waals surface area contributed by atoms with Gasteiger partial charge in [-0.3, -0.25) is 15.1 Å². The van der Waals surface area contributed by atoms with Gasteiger partial charge in [-0.25, -0.2) is 4.79 Å². The molecule has 2 aromatic carbocycles. The quantitative estimate of drug-likeness (QED) is 0.405. The second-order valence-corrected chi connectivity index (χ2v) is 4.30. The Hall–Kier alpha value is -3.22. The van der Waals surface area contributed by atoms with Gasteiger partial charge in [-0.2, -0.15) is 0 Å². The molecule has 0 spiro atoms. The van der Waals surface area contributed by atoms with Crippen LogP contribution in [0.1, 0.15) is 15.9 Å². The van der Waals surface area contributed by atoms with Crippen LogP contribution < -0.4 is 0 Å². The summed E-state index contributed by atoms with van der Waals surface area (Å²) in [5.41, 5.74) is 1.06. The molecule has 0 aliphatic carbocycles. The molecule has 2 aromatic rings. The summed E-state index contributed by atoms with van der Waals surface area (Å²) in [6.45, 7) is 0. The normalized spacial score (nSPS) is 10.6. The number of nitrogens with zero attached hydrogens (tertiary/aromatic N) is 2. The number of hydrogen-bond acceptors (Lipinski definition) is 6. The zero-order valence-corrected chi connectivity index (χ0v) is 11.6. The van der Waals surface area contributed by atoms with E-state index in [0.29, 0.717) is 11.3 Å². The molecule has 7 heteroatoms. The zero-order valence-electron chi connectivity index (χ0n) is 11.6. The van der Waals surface area contributed by atoms with Gasteiger partial charge in [0.05, 0.1) is 23.3 Å². The lowest BCUT2D eigenvalue weighted by molar-refractivity contribution is -0.384. The molecule has 112 valence electrons. The summed E-state index contributed by atoms with van der Waals surface area (Å²) >= 11 is 0. The van der Waals surface area contributed by atoms with Crippen molar-refractivity contribution in [1.29, 1.82) is 0 Å². The Bertz CT molecular complexity index is 738. The van der Waals surface area contributed by atoms with Crippen molar-refractivity contribution in [3.8, 4) is 5.75 Å². The van der Waals surface area contributed by atoms with E-state index in [1.54, 1.807) is 0 Å². The molecule has 0 bridgehead atoms. The molecule has 0 fully saturated rings. The minimum absolute atomic E-state index is 0.0329. The SMILES string of the molecule is COC(=O)c1ccc(O)c(C=Nc2ccc([N+](=O)[O-])cc2)c1. The fraction of sp³-hybridized carbons (Fsp3) is 0.0667. The van der Waals surface area contributed by atoms with Crippen LogP contribution in [0.3, 0.4) is 0 Å². The van der Waals surface area contributed by atoms with Crippen molar-refractivity contribution in [2.24, 2.45) is 4.99 Å². The number of carbonyl (C=O) groups is 1. The van der Waals surface area contributed by atoms with Crippen LogP contribution in [0.2, 0.25) is 0 Å². The maximum Gasteiger partial charge on any atom is 0.337 e. The van der Waals surface area contributed by atoms with E-state index in [4.69, 9.17) is 0 Å². The van der Waals surface area contributed by atoms with Crippen LogP contribution in [0.4, 0.5) is 11.4 Å². The third-order valence-electron chi connectivity index (χ3n) is 2.86. The lowest BCUT2D eigenvalue weighted by atomic mass is 10.1. The number of hydrogen-bond donors (Lipinski definition) is 1. The van der Waals surface area contributed by atoms with Gasteiger partial charge >= 0.3 is 5.97 Å². The standard InChI is InChI=1S/C15H12N2O5/c1-22-15(19)10-2-7-14(18)11(8-10)9-16-12-3-5-13(6-4-12)17(20)21/h2-9,18H,1H3. The molecule has 0 atom stereocenters. The Morgan fingerprint density at radius 3 is 2.55 bits per heavy atom. The van der Waals surface area contributed by atoms with Gasteiger partial charge in [0.1, 0.15) is 5.75 Å². The molecule has 22 heavy (non-hydrogen) atoms. The van der Waals surface area contributed by atoms with Crippen LogP contribution in [0.25, 0.3) is 0 Å². The number of rotatable bonds is 4. The van der Waals surface area contributed by atoms with Crippen LogP contribution in [-0.4, -0.2) is 29.3 Å². The highest BCUT2D eigenvalue weighted by molar-refractivity contribution is 5.94. The lowest BCUT2D eigenvalue weighted by Gasteiger charge is -2.02. The first-order valence-corrected chi connectivity index (χ1v) is 6.21. The van der Waals surface area contributed by atoms with Gasteiger partial charge in [-0.15, -0.1) is 0 Å². The van der Waals surface area contributed by atoms with E-state index in [9.17, 15) is 20.0 Å². The maximum atomic E-state index is 11.4. The summed E-state index contributed by atoms with van der Waals surface area (Å²) < 4.78 is 4.60. The van der Waals surface area contributed by atoms with E-state index in [1.165, 1.54) is 55.8 Å². The van der Waals surface area contributed by atoms with Crippen LogP contribution >= 0.6 is 0 Å². The van der Waals surface area contributed by atoms with Crippen molar-refractivity contribution in [1.82, 2.24) is 0 Å². The predicted octanol–water partition coefficient (Wildman–Crippen LogP) is 2.84. The second kappa shape index (κ2) is 6.49. The topological polar surface area (TPSA) is 102 Å². The van der Waals surface area contributed by atoms with Crippen LogP contribution in [0.5, 0.6) is 5.75 Å². The van der Waals surface area contributed by atoms with Crippen molar-refractivity contribution in [2.75, 3.05) is 7.11 Å². The minimum Gasteiger partial charge on any atom is -0.507 e. The molecule has 0 aliphatic rings. The van der Waals surface area contributed by atoms with Gasteiger partial charge < -0.3 is 9.84 Å². The molecular formula is C15H12N2O5. The molecule has 7 nitrogen and oxygen atoms in total. The summed E-state index contributed by atoms with van der Waals surface area (Å²) in [7, 11) is 1.26. The van der Waals surface area contributed by atoms with E-state index in [-0.39, 0.29) is 17.0 Å². The largest absolute Gasteiger partial charge is 0.507 e. The Morgan fingerprint density at radius 1 is 1.27 bits per heavy atom. The number of phenolic OH excluding ortho intramolecular Hbond substituents is 1. The van der Waals surface area contributed by atoms with Crippen LogP contribution in [0, 0.1) is 10.1 Å². The first-order chi connectivity index (χ1) is 10.5. The number of benzene rings is 2. The van der Waals surface area contributed by atoms with Crippen molar-refractivity contribution < 1.29 is 19.6 Å². The average Bonchev–Trinajstić information content (AvgIpc) is 2.53. The lowest BCUT2D eigenvalue weighted by Crippen LogP contribution is -2.01. The molecule has 0 saturated heterocycles. The number of aliphatic imine (C=N–C) groups is 1. The molecule has 0 saturated carbocycles. The highest BCUT2D eigenvalue weighted by Crippen LogP contribution is 2.20. The zero-order chi connectivity index (χ0) is 16.1. The van der Waals surface area contributed by atoms with Gasteiger partial charge in [0.15, 0.2) is 0 Å². The highest BCUT2D eigenvalue weighted by atomic mass is 16.6. The van der Waals surface area contributed by atoms with E-state index >= 15 is 0 Å². The van der Waals surface area contributed by atoms with E-state index < -0.39 is 10.9 Å². The summed E-state index contributed by atoms with van der Waals surface area (Å²) in [4.78, 5) is 25.6. The highest BCUT2D eigenvalue weighted by Gasteiger charge is 2.08. The van der Waals surface area contributed by atoms with Gasteiger partial charge in [0.25, 0.3) is 5.69 Å². The molecule has 0 amide bonds. The number of ether oxygens (including phenoxy) is 1. The summed E-state index contributed by atoms with van der Waals surface area (Å²) in [6, 6.07) is 9.87. The summed E-state index contributed by atoms with van der Waals surface area (Å²) in [5, 5.41) is 20.3. The number of carbonyl (C=O) groups excluding carboxylic acids is 1. The number of phenols is 1. The van der Waals surface area contributed by atoms with Crippen molar-refractivity contribution >= 4 is 23.6 Å². The van der Waals surface area contributed by atoms with E-state index in [2.05, 4.69) is 9.73 Å². The molecule has 1 N–H and O–H groups in total. The van der Waals surface area contributed by atoms with Crippen LogP contribution in [-0.2, 0) is 4.74 Å². The molecule has 2 rings (SSSR count). The number of aromatic hydroxyl groups is 1. The van der Waals surface area contributed by atoms with Gasteiger partial charge in [-0.05, 0) is 30.3 Å². The number of nitro groups is 1. The fourth-order valence-electron chi connectivity index (χ4n) is 1.71. The number of methoxy groups -OCH3 is 1. The van der Waals surface area contributed by atoms with Crippen molar-refractivity contribution in [3.63, 3.8) is 0 Å². The minimum atomic E-state index is -0.523. The molecule has 0 aliphatic heterocycles. The Morgan fingerprint density at radius 2 is 1.95 bits per heavy atom. The van der Waals surface area contributed by atoms with Gasteiger partial charge in [0, 0.05) is 23.9 Å². The Labute approximate surface area is 125 Å². The molecule has 0 heterocycles. The van der Waals surface area contributed by atoms with Gasteiger partial charge in [0.2, 0.25) is 0 Å². The van der Waals surface area contributed by atoms with Crippen LogP contribution in [0.15, 0.2) is 47.5 Å². The summed E-state index contributed by atoms with van der Waals surface area (Å²) in [5.74, 6) is -0.566. The molecular weight excluding hydrogens is 288 g/mol. The van der Waals surface area contributed by atoms with E-state index in [1.807, 2.05) is 0 Å². The fourth-order valence-corrected chi connectivity index (χ4v) is 1.71. The maximum absolute atomic E-state index is 11.4. The summed E-state index contributed by atoms with van der Waals surface area (Å²) in [6.07, 6.45) is 1.36. The Kier molecular flexibility index (Phi) is 4.47. The first kappa shape index (κ1) is 15.2. The second-order valence-electron chi connectivity index (χ2n) is 4.30. The number of esters is 1. The predicted molar refractivity (Wildman–Crippen MR) is 79.8 cm³/mol. The van der Waals surface area contributed by atoms with E-state index in [0.717, 1.165) is 0 Å². The average molecular weight is 300 g/mol. The third-order valence-corrected chi connectivity index (χ3v) is 2.86. The monoisotopic (exact) mass is 300 g/mol. The first-order valence-electron chi connectivity index (χ1n) is 6.21.